The Morgan fingerprint density at radius 3 is 2.32 bits per heavy atom. The zero-order valence-corrected chi connectivity index (χ0v) is 12.6. The van der Waals surface area contributed by atoms with E-state index in [-0.39, 0.29) is 5.54 Å². The molecule has 0 radical (unpaired) electrons. The van der Waals surface area contributed by atoms with Crippen molar-refractivity contribution in [2.45, 2.75) is 25.3 Å². The molecule has 4 nitrogen and oxygen atoms in total. The highest BCUT2D eigenvalue weighted by Gasteiger charge is 2.37. The van der Waals surface area contributed by atoms with Crippen molar-refractivity contribution in [1.82, 2.24) is 5.32 Å². The molecule has 5 heteroatoms. The van der Waals surface area contributed by atoms with Crippen LogP contribution in [0.25, 0.3) is 0 Å². The number of hydrogen-bond acceptors (Lipinski definition) is 4. The van der Waals surface area contributed by atoms with E-state index in [1.54, 1.807) is 21.3 Å². The number of hydrogen-bond donors (Lipinski definition) is 1. The van der Waals surface area contributed by atoms with Crippen LogP contribution in [0.4, 0.5) is 0 Å². The van der Waals surface area contributed by atoms with E-state index in [1.165, 1.54) is 0 Å². The van der Waals surface area contributed by atoms with Gasteiger partial charge in [-0.1, -0.05) is 11.6 Å². The number of rotatable bonds is 4. The first-order valence-corrected chi connectivity index (χ1v) is 6.69. The van der Waals surface area contributed by atoms with Gasteiger partial charge in [0.05, 0.1) is 26.4 Å². The van der Waals surface area contributed by atoms with E-state index in [9.17, 15) is 0 Å². The molecule has 1 heterocycles. The van der Waals surface area contributed by atoms with Gasteiger partial charge in [-0.2, -0.15) is 0 Å². The molecule has 0 aliphatic carbocycles. The van der Waals surface area contributed by atoms with E-state index in [0.717, 1.165) is 30.7 Å². The highest BCUT2D eigenvalue weighted by atomic mass is 35.5. The average molecular weight is 286 g/mol. The molecule has 1 aliphatic heterocycles. The van der Waals surface area contributed by atoms with Crippen LogP contribution in [0.15, 0.2) is 6.07 Å². The van der Waals surface area contributed by atoms with Crippen LogP contribution in [0.5, 0.6) is 17.2 Å². The zero-order chi connectivity index (χ0) is 14.0. The topological polar surface area (TPSA) is 39.7 Å². The fraction of sp³-hybridized carbons (Fsp3) is 0.571. The molecule has 1 atom stereocenters. The molecule has 0 bridgehead atoms. The second-order valence-electron chi connectivity index (χ2n) is 4.87. The minimum atomic E-state index is -0.192. The summed E-state index contributed by atoms with van der Waals surface area (Å²) in [4.78, 5) is 0. The van der Waals surface area contributed by atoms with Gasteiger partial charge in [-0.3, -0.25) is 0 Å². The van der Waals surface area contributed by atoms with E-state index in [0.29, 0.717) is 16.5 Å². The second kappa shape index (κ2) is 5.47. The summed E-state index contributed by atoms with van der Waals surface area (Å²) in [6.07, 6.45) is 2.13. The van der Waals surface area contributed by atoms with Crippen molar-refractivity contribution in [3.8, 4) is 17.2 Å². The van der Waals surface area contributed by atoms with Crippen LogP contribution >= 0.6 is 11.6 Å². The van der Waals surface area contributed by atoms with Gasteiger partial charge in [-0.25, -0.2) is 0 Å². The smallest absolute Gasteiger partial charge is 0.180 e. The van der Waals surface area contributed by atoms with Crippen LogP contribution in [-0.4, -0.2) is 27.9 Å². The van der Waals surface area contributed by atoms with E-state index >= 15 is 0 Å². The van der Waals surface area contributed by atoms with Gasteiger partial charge in [-0.05, 0) is 26.3 Å². The number of halogens is 1. The van der Waals surface area contributed by atoms with Gasteiger partial charge in [0.2, 0.25) is 0 Å². The van der Waals surface area contributed by atoms with Crippen molar-refractivity contribution < 1.29 is 14.2 Å². The van der Waals surface area contributed by atoms with Crippen molar-refractivity contribution in [3.05, 3.63) is 16.7 Å². The quantitative estimate of drug-likeness (QED) is 0.923. The normalized spacial score (nSPS) is 22.4. The van der Waals surface area contributed by atoms with Crippen molar-refractivity contribution in [1.29, 1.82) is 0 Å². The van der Waals surface area contributed by atoms with E-state index in [4.69, 9.17) is 25.8 Å². The van der Waals surface area contributed by atoms with Crippen LogP contribution in [-0.2, 0) is 5.54 Å². The lowest BCUT2D eigenvalue weighted by Crippen LogP contribution is -2.34. The molecule has 1 fully saturated rings. The Balaban J connectivity index is 2.64. The second-order valence-corrected chi connectivity index (χ2v) is 5.24. The number of benzene rings is 1. The Kier molecular flexibility index (Phi) is 4.11. The summed E-state index contributed by atoms with van der Waals surface area (Å²) < 4.78 is 16.2. The first-order chi connectivity index (χ1) is 9.07. The summed E-state index contributed by atoms with van der Waals surface area (Å²) in [6.45, 7) is 3.11. The average Bonchev–Trinajstić information content (AvgIpc) is 2.84. The Labute approximate surface area is 119 Å². The molecule has 1 saturated heterocycles. The summed E-state index contributed by atoms with van der Waals surface area (Å²) in [5.41, 5.74) is 0.744. The molecule has 1 N–H and O–H groups in total. The summed E-state index contributed by atoms with van der Waals surface area (Å²) >= 11 is 6.52. The summed E-state index contributed by atoms with van der Waals surface area (Å²) in [6, 6.07) is 1.82. The predicted molar refractivity (Wildman–Crippen MR) is 75.7 cm³/mol. The third-order valence-electron chi connectivity index (χ3n) is 3.72. The van der Waals surface area contributed by atoms with Gasteiger partial charge >= 0.3 is 0 Å². The number of ether oxygens (including phenoxy) is 3. The van der Waals surface area contributed by atoms with Crippen LogP contribution in [0.2, 0.25) is 5.02 Å². The van der Waals surface area contributed by atoms with Gasteiger partial charge in [0.25, 0.3) is 0 Å². The molecule has 1 aromatic carbocycles. The first kappa shape index (κ1) is 14.3. The molecule has 1 unspecified atom stereocenters. The molecular formula is C14H20ClNO3. The molecule has 0 saturated carbocycles. The van der Waals surface area contributed by atoms with Gasteiger partial charge in [0, 0.05) is 17.2 Å². The van der Waals surface area contributed by atoms with Crippen molar-refractivity contribution >= 4 is 11.6 Å². The maximum atomic E-state index is 6.52. The molecule has 19 heavy (non-hydrogen) atoms. The van der Waals surface area contributed by atoms with Crippen LogP contribution in [0.1, 0.15) is 25.3 Å². The van der Waals surface area contributed by atoms with E-state index in [1.807, 2.05) is 6.07 Å². The van der Waals surface area contributed by atoms with Crippen LogP contribution < -0.4 is 19.5 Å². The first-order valence-electron chi connectivity index (χ1n) is 6.31. The highest BCUT2D eigenvalue weighted by Crippen LogP contribution is 2.48. The predicted octanol–water partition coefficient (Wildman–Crippen LogP) is 2.96. The molecule has 1 aliphatic rings. The van der Waals surface area contributed by atoms with E-state index in [2.05, 4.69) is 12.2 Å². The lowest BCUT2D eigenvalue weighted by molar-refractivity contribution is 0.337. The Morgan fingerprint density at radius 1 is 1.16 bits per heavy atom. The summed E-state index contributed by atoms with van der Waals surface area (Å²) in [5, 5.41) is 4.04. The molecule has 0 amide bonds. The molecule has 1 aromatic rings. The summed E-state index contributed by atoms with van der Waals surface area (Å²) in [7, 11) is 4.81. The Morgan fingerprint density at radius 2 is 1.84 bits per heavy atom. The zero-order valence-electron chi connectivity index (χ0n) is 11.8. The number of methoxy groups -OCH3 is 3. The summed E-state index contributed by atoms with van der Waals surface area (Å²) in [5.74, 6) is 1.85. The molecule has 0 aromatic heterocycles. The fourth-order valence-electron chi connectivity index (χ4n) is 2.71. The monoisotopic (exact) mass is 285 g/mol. The third kappa shape index (κ3) is 2.35. The van der Waals surface area contributed by atoms with Crippen molar-refractivity contribution in [3.63, 3.8) is 0 Å². The molecule has 2 rings (SSSR count). The lowest BCUT2D eigenvalue weighted by atomic mass is 9.89. The van der Waals surface area contributed by atoms with Gasteiger partial charge in [-0.15, -0.1) is 0 Å². The Bertz CT molecular complexity index is 470. The SMILES string of the molecule is COc1cc(OC)c(C2(C)CCCN2)c(Cl)c1OC. The minimum Gasteiger partial charge on any atom is -0.496 e. The van der Waals surface area contributed by atoms with Crippen LogP contribution in [0.3, 0.4) is 0 Å². The number of nitrogens with one attached hydrogen (secondary N) is 1. The minimum absolute atomic E-state index is 0.192. The largest absolute Gasteiger partial charge is 0.496 e. The molecule has 106 valence electrons. The van der Waals surface area contributed by atoms with E-state index < -0.39 is 0 Å². The van der Waals surface area contributed by atoms with Gasteiger partial charge in [0.1, 0.15) is 5.75 Å². The Hall–Kier alpha value is -1.13. The van der Waals surface area contributed by atoms with Crippen LogP contribution in [0, 0.1) is 0 Å². The standard InChI is InChI=1S/C14H20ClNO3/c1-14(6-5-7-16-14)11-9(17-2)8-10(18-3)13(19-4)12(11)15/h8,16H,5-7H2,1-4H3. The molecule has 0 spiro atoms. The van der Waals surface area contributed by atoms with Gasteiger partial charge < -0.3 is 19.5 Å². The fourth-order valence-corrected chi connectivity index (χ4v) is 3.18. The third-order valence-corrected chi connectivity index (χ3v) is 4.08. The van der Waals surface area contributed by atoms with Crippen molar-refractivity contribution in [2.24, 2.45) is 0 Å². The maximum Gasteiger partial charge on any atom is 0.180 e. The molecular weight excluding hydrogens is 266 g/mol. The highest BCUT2D eigenvalue weighted by molar-refractivity contribution is 6.33. The lowest BCUT2D eigenvalue weighted by Gasteiger charge is -2.29. The van der Waals surface area contributed by atoms with Crippen molar-refractivity contribution in [2.75, 3.05) is 27.9 Å². The maximum absolute atomic E-state index is 6.52. The van der Waals surface area contributed by atoms with Gasteiger partial charge in [0.15, 0.2) is 11.5 Å².